The summed E-state index contributed by atoms with van der Waals surface area (Å²) in [7, 11) is 0. The molecular formula is C21H19N5O. The predicted octanol–water partition coefficient (Wildman–Crippen LogP) is 3.54. The molecule has 0 aliphatic heterocycles. The van der Waals surface area contributed by atoms with Crippen LogP contribution in [0.3, 0.4) is 0 Å². The van der Waals surface area contributed by atoms with Gasteiger partial charge in [0.2, 0.25) is 5.91 Å². The molecule has 3 aromatic rings. The van der Waals surface area contributed by atoms with E-state index >= 15 is 0 Å². The van der Waals surface area contributed by atoms with E-state index in [2.05, 4.69) is 28.3 Å². The van der Waals surface area contributed by atoms with Crippen LogP contribution in [0.25, 0.3) is 21.9 Å². The minimum atomic E-state index is -0.230. The molecular weight excluding hydrogens is 338 g/mol. The minimum Gasteiger partial charge on any atom is -0.398 e. The van der Waals surface area contributed by atoms with Gasteiger partial charge >= 0.3 is 0 Å². The number of nitrogens with zero attached hydrogens (tertiary/aromatic N) is 3. The number of nitriles is 1. The van der Waals surface area contributed by atoms with Gasteiger partial charge < -0.3 is 11.1 Å². The van der Waals surface area contributed by atoms with Crippen molar-refractivity contribution in [2.75, 3.05) is 11.1 Å². The average Bonchev–Trinajstić information content (AvgIpc) is 3.47. The average molecular weight is 357 g/mol. The van der Waals surface area contributed by atoms with Crippen LogP contribution in [0.15, 0.2) is 42.9 Å². The molecule has 1 aliphatic carbocycles. The number of anilines is 2. The van der Waals surface area contributed by atoms with Crippen molar-refractivity contribution < 1.29 is 4.79 Å². The Kier molecular flexibility index (Phi) is 4.21. The number of nitrogens with one attached hydrogen (secondary N) is 1. The Hall–Kier alpha value is -3.46. The van der Waals surface area contributed by atoms with Crippen LogP contribution in [0.2, 0.25) is 0 Å². The lowest BCUT2D eigenvalue weighted by atomic mass is 9.97. The Morgan fingerprint density at radius 3 is 2.96 bits per heavy atom. The summed E-state index contributed by atoms with van der Waals surface area (Å²) in [5.74, 6) is -0.0928. The molecule has 1 aliphatic rings. The number of hydrogen-bond acceptors (Lipinski definition) is 5. The molecule has 0 spiro atoms. The molecule has 1 fully saturated rings. The number of aryl methyl sites for hydroxylation is 1. The number of hydrogen-bond donors (Lipinski definition) is 2. The number of rotatable bonds is 4. The van der Waals surface area contributed by atoms with Crippen molar-refractivity contribution in [2.45, 2.75) is 19.8 Å². The molecule has 1 amide bonds. The number of nitrogen functional groups attached to an aromatic ring is 1. The third-order valence-electron chi connectivity index (χ3n) is 5.02. The van der Waals surface area contributed by atoms with Crippen LogP contribution < -0.4 is 11.1 Å². The summed E-state index contributed by atoms with van der Waals surface area (Å²) in [6.07, 6.45) is 6.82. The van der Waals surface area contributed by atoms with Gasteiger partial charge in [0.15, 0.2) is 0 Å². The number of carbonyl (C=O) groups is 1. The van der Waals surface area contributed by atoms with Crippen molar-refractivity contribution in [1.82, 2.24) is 9.97 Å². The number of carbonyl (C=O) groups excluding carboxylic acids is 1. The predicted molar refractivity (Wildman–Crippen MR) is 105 cm³/mol. The second-order valence-corrected chi connectivity index (χ2v) is 6.81. The summed E-state index contributed by atoms with van der Waals surface area (Å²) in [6, 6.07) is 9.92. The van der Waals surface area contributed by atoms with Crippen LogP contribution >= 0.6 is 0 Å². The molecule has 3 N–H and O–H groups in total. The summed E-state index contributed by atoms with van der Waals surface area (Å²) < 4.78 is 0. The van der Waals surface area contributed by atoms with Crippen LogP contribution in [-0.2, 0) is 11.2 Å². The van der Waals surface area contributed by atoms with Crippen molar-refractivity contribution in [3.8, 4) is 17.2 Å². The zero-order valence-electron chi connectivity index (χ0n) is 14.9. The maximum Gasteiger partial charge on any atom is 0.230 e. The van der Waals surface area contributed by atoms with Gasteiger partial charge in [0, 0.05) is 35.2 Å². The Bertz CT molecular complexity index is 1090. The maximum atomic E-state index is 12.2. The molecule has 1 aromatic carbocycles. The van der Waals surface area contributed by atoms with E-state index in [-0.39, 0.29) is 17.7 Å². The quantitative estimate of drug-likeness (QED) is 0.695. The number of amides is 1. The van der Waals surface area contributed by atoms with E-state index in [1.807, 2.05) is 30.5 Å². The van der Waals surface area contributed by atoms with E-state index in [0.717, 1.165) is 28.3 Å². The van der Waals surface area contributed by atoms with Gasteiger partial charge in [0.1, 0.15) is 5.82 Å². The highest BCUT2D eigenvalue weighted by molar-refractivity contribution is 6.00. The van der Waals surface area contributed by atoms with E-state index < -0.39 is 0 Å². The zero-order chi connectivity index (χ0) is 19.0. The lowest BCUT2D eigenvalue weighted by Crippen LogP contribution is -2.15. The van der Waals surface area contributed by atoms with Crippen LogP contribution in [-0.4, -0.2) is 15.9 Å². The maximum absolute atomic E-state index is 12.2. The fourth-order valence-corrected chi connectivity index (χ4v) is 3.35. The van der Waals surface area contributed by atoms with Gasteiger partial charge in [-0.3, -0.25) is 9.78 Å². The van der Waals surface area contributed by atoms with Crippen LogP contribution in [0.4, 0.5) is 11.5 Å². The number of pyridine rings is 2. The monoisotopic (exact) mass is 357 g/mol. The van der Waals surface area contributed by atoms with E-state index in [9.17, 15) is 4.79 Å². The highest BCUT2D eigenvalue weighted by Crippen LogP contribution is 2.38. The fraction of sp³-hybridized carbons (Fsp3) is 0.238. The molecule has 6 heteroatoms. The van der Waals surface area contributed by atoms with Gasteiger partial charge in [-0.25, -0.2) is 4.98 Å². The van der Waals surface area contributed by atoms with E-state index in [1.54, 1.807) is 12.4 Å². The molecule has 0 unspecified atom stereocenters. The SMILES string of the molecule is CCc1ccncc1-c1cc(N)c2cnc(NC(=O)[C@H]3C[C@@H]3C#N)cc2c1. The summed E-state index contributed by atoms with van der Waals surface area (Å²) in [5.41, 5.74) is 10.1. The van der Waals surface area contributed by atoms with Crippen molar-refractivity contribution in [2.24, 2.45) is 11.8 Å². The fourth-order valence-electron chi connectivity index (χ4n) is 3.35. The largest absolute Gasteiger partial charge is 0.398 e. The number of benzene rings is 1. The van der Waals surface area contributed by atoms with Gasteiger partial charge in [0.05, 0.1) is 17.9 Å². The second-order valence-electron chi connectivity index (χ2n) is 6.81. The van der Waals surface area contributed by atoms with Gasteiger partial charge in [-0.15, -0.1) is 0 Å². The molecule has 134 valence electrons. The highest BCUT2D eigenvalue weighted by atomic mass is 16.2. The van der Waals surface area contributed by atoms with Gasteiger partial charge in [0.25, 0.3) is 0 Å². The molecule has 2 heterocycles. The lowest BCUT2D eigenvalue weighted by molar-refractivity contribution is -0.117. The smallest absolute Gasteiger partial charge is 0.230 e. The van der Waals surface area contributed by atoms with E-state index in [1.165, 1.54) is 5.56 Å². The van der Waals surface area contributed by atoms with Gasteiger partial charge in [-0.05, 0) is 53.6 Å². The van der Waals surface area contributed by atoms with Crippen molar-refractivity contribution in [1.29, 1.82) is 5.26 Å². The highest BCUT2D eigenvalue weighted by Gasteiger charge is 2.43. The third kappa shape index (κ3) is 3.20. The first-order valence-electron chi connectivity index (χ1n) is 8.93. The number of fused-ring (bicyclic) bond motifs is 1. The number of aromatic nitrogens is 2. The topological polar surface area (TPSA) is 105 Å². The molecule has 27 heavy (non-hydrogen) atoms. The molecule has 4 rings (SSSR count). The molecule has 0 bridgehead atoms. The van der Waals surface area contributed by atoms with Crippen molar-refractivity contribution >= 4 is 28.2 Å². The molecule has 0 radical (unpaired) electrons. The molecule has 2 aromatic heterocycles. The molecule has 1 saturated carbocycles. The van der Waals surface area contributed by atoms with E-state index in [4.69, 9.17) is 11.0 Å². The van der Waals surface area contributed by atoms with Crippen LogP contribution in [0.5, 0.6) is 0 Å². The van der Waals surface area contributed by atoms with Crippen molar-refractivity contribution in [3.05, 3.63) is 48.4 Å². The summed E-state index contributed by atoms with van der Waals surface area (Å²) in [5, 5.41) is 13.4. The Morgan fingerprint density at radius 2 is 2.22 bits per heavy atom. The zero-order valence-corrected chi connectivity index (χ0v) is 14.9. The van der Waals surface area contributed by atoms with Gasteiger partial charge in [-0.2, -0.15) is 5.26 Å². The van der Waals surface area contributed by atoms with Gasteiger partial charge in [-0.1, -0.05) is 6.92 Å². The molecule has 0 saturated heterocycles. The van der Waals surface area contributed by atoms with Crippen LogP contribution in [0.1, 0.15) is 18.9 Å². The molecule has 6 nitrogen and oxygen atoms in total. The first-order valence-corrected chi connectivity index (χ1v) is 8.93. The lowest BCUT2D eigenvalue weighted by Gasteiger charge is -2.11. The summed E-state index contributed by atoms with van der Waals surface area (Å²) in [4.78, 5) is 20.7. The Morgan fingerprint density at radius 1 is 1.37 bits per heavy atom. The second kappa shape index (κ2) is 6.69. The third-order valence-corrected chi connectivity index (χ3v) is 5.02. The van der Waals surface area contributed by atoms with Crippen molar-refractivity contribution in [3.63, 3.8) is 0 Å². The minimum absolute atomic E-state index is 0.155. The normalized spacial score (nSPS) is 18.1. The Balaban J connectivity index is 1.70. The summed E-state index contributed by atoms with van der Waals surface area (Å²) >= 11 is 0. The standard InChI is InChI=1S/C21H19N5O/c1-2-12-3-4-24-10-17(12)13-5-14-8-20(25-11-18(14)19(23)7-13)26-21(27)16-6-15(16)9-22/h3-5,7-8,10-11,15-16H,2,6,23H2,1H3,(H,25,26,27)/t15-,16+/m1/s1. The van der Waals surface area contributed by atoms with E-state index in [0.29, 0.717) is 17.9 Å². The molecule has 2 atom stereocenters. The number of nitrogens with two attached hydrogens (primary N) is 1. The first-order chi connectivity index (χ1) is 13.1. The Labute approximate surface area is 157 Å². The van der Waals surface area contributed by atoms with Crippen LogP contribution in [0, 0.1) is 23.2 Å². The summed E-state index contributed by atoms with van der Waals surface area (Å²) in [6.45, 7) is 2.10. The first kappa shape index (κ1) is 17.0.